The summed E-state index contributed by atoms with van der Waals surface area (Å²) in [4.78, 5) is 22.9. The molecule has 21 heavy (non-hydrogen) atoms. The number of carbonyl (C=O) groups excluding carboxylic acids is 1. The van der Waals surface area contributed by atoms with Crippen molar-refractivity contribution in [2.24, 2.45) is 0 Å². The number of aliphatic carboxylic acids is 1. The minimum Gasteiger partial charge on any atom is -0.480 e. The highest BCUT2D eigenvalue weighted by atomic mass is 32.2. The van der Waals surface area contributed by atoms with Gasteiger partial charge in [-0.25, -0.2) is 13.2 Å². The molecule has 1 atom stereocenters. The van der Waals surface area contributed by atoms with Crippen LogP contribution in [0, 0.1) is 11.3 Å². The molecule has 1 aromatic carbocycles. The minimum absolute atomic E-state index is 0.194. The summed E-state index contributed by atoms with van der Waals surface area (Å²) in [6.45, 7) is 0. The Morgan fingerprint density at radius 3 is 2.33 bits per heavy atom. The molecule has 0 bridgehead atoms. The van der Waals surface area contributed by atoms with E-state index >= 15 is 0 Å². The van der Waals surface area contributed by atoms with Crippen molar-refractivity contribution in [3.05, 3.63) is 35.4 Å². The van der Waals surface area contributed by atoms with E-state index in [1.807, 2.05) is 6.07 Å². The molecule has 0 heterocycles. The Labute approximate surface area is 122 Å². The zero-order valence-corrected chi connectivity index (χ0v) is 12.1. The Kier molecular flexibility index (Phi) is 5.44. The number of benzene rings is 1. The normalized spacial score (nSPS) is 12.2. The van der Waals surface area contributed by atoms with Crippen molar-refractivity contribution in [1.82, 2.24) is 5.32 Å². The highest BCUT2D eigenvalue weighted by Crippen LogP contribution is 2.05. The molecule has 0 aliphatic heterocycles. The number of amides is 1. The number of nitrogens with one attached hydrogen (secondary N) is 1. The summed E-state index contributed by atoms with van der Waals surface area (Å²) < 4.78 is 22.1. The molecule has 0 radical (unpaired) electrons. The van der Waals surface area contributed by atoms with Gasteiger partial charge in [0.15, 0.2) is 0 Å². The van der Waals surface area contributed by atoms with Crippen LogP contribution in [0.5, 0.6) is 0 Å². The maximum absolute atomic E-state index is 11.9. The molecule has 2 N–H and O–H groups in total. The molecule has 1 amide bonds. The molecule has 1 rings (SSSR count). The van der Waals surface area contributed by atoms with E-state index in [1.54, 1.807) is 0 Å². The molecule has 0 aliphatic rings. The van der Waals surface area contributed by atoms with Crippen molar-refractivity contribution in [3.8, 4) is 6.07 Å². The fourth-order valence-electron chi connectivity index (χ4n) is 1.53. The van der Waals surface area contributed by atoms with Gasteiger partial charge < -0.3 is 10.4 Å². The maximum atomic E-state index is 11.9. The van der Waals surface area contributed by atoms with Crippen LogP contribution < -0.4 is 5.32 Å². The summed E-state index contributed by atoms with van der Waals surface area (Å²) in [5.74, 6) is -2.28. The molecule has 0 saturated heterocycles. The van der Waals surface area contributed by atoms with E-state index in [2.05, 4.69) is 5.32 Å². The van der Waals surface area contributed by atoms with Crippen molar-refractivity contribution in [2.45, 2.75) is 12.5 Å². The molecule has 1 unspecified atom stereocenters. The molecule has 7 nitrogen and oxygen atoms in total. The first-order valence-corrected chi connectivity index (χ1v) is 8.00. The van der Waals surface area contributed by atoms with Crippen molar-refractivity contribution in [2.75, 3.05) is 12.0 Å². The van der Waals surface area contributed by atoms with Gasteiger partial charge in [0.25, 0.3) is 5.91 Å². The number of carbonyl (C=O) groups is 2. The van der Waals surface area contributed by atoms with Crippen LogP contribution in [0.2, 0.25) is 0 Å². The third-order valence-corrected chi connectivity index (χ3v) is 3.63. The predicted octanol–water partition coefficient (Wildman–Crippen LogP) is 0.176. The molecule has 0 aromatic heterocycles. The summed E-state index contributed by atoms with van der Waals surface area (Å²) in [5.41, 5.74) is 0.568. The van der Waals surface area contributed by atoms with Crippen LogP contribution in [0.4, 0.5) is 0 Å². The average Bonchev–Trinajstić information content (AvgIpc) is 2.42. The third kappa shape index (κ3) is 5.62. The van der Waals surface area contributed by atoms with Crippen LogP contribution in [-0.2, 0) is 14.6 Å². The first-order chi connectivity index (χ1) is 9.73. The number of nitrogens with zero attached hydrogens (tertiary/aromatic N) is 1. The SMILES string of the molecule is CS(=O)(=O)CCC(NC(=O)c1ccc(C#N)cc1)C(=O)O. The van der Waals surface area contributed by atoms with Gasteiger partial charge in [0.1, 0.15) is 15.9 Å². The second-order valence-electron chi connectivity index (χ2n) is 4.47. The molecule has 0 aliphatic carbocycles. The van der Waals surface area contributed by atoms with Gasteiger partial charge in [0, 0.05) is 11.8 Å². The van der Waals surface area contributed by atoms with E-state index in [1.165, 1.54) is 24.3 Å². The van der Waals surface area contributed by atoms with E-state index in [-0.39, 0.29) is 17.7 Å². The van der Waals surface area contributed by atoms with Gasteiger partial charge in [0.05, 0.1) is 17.4 Å². The second-order valence-corrected chi connectivity index (χ2v) is 6.73. The molecule has 112 valence electrons. The monoisotopic (exact) mass is 310 g/mol. The Morgan fingerprint density at radius 1 is 1.33 bits per heavy atom. The van der Waals surface area contributed by atoms with Crippen molar-refractivity contribution in [1.29, 1.82) is 5.26 Å². The van der Waals surface area contributed by atoms with E-state index in [0.717, 1.165) is 6.26 Å². The van der Waals surface area contributed by atoms with E-state index in [4.69, 9.17) is 10.4 Å². The fourth-order valence-corrected chi connectivity index (χ4v) is 2.19. The van der Waals surface area contributed by atoms with Gasteiger partial charge >= 0.3 is 5.97 Å². The van der Waals surface area contributed by atoms with Gasteiger partial charge in [-0.05, 0) is 30.7 Å². The number of hydrogen-bond donors (Lipinski definition) is 2. The highest BCUT2D eigenvalue weighted by Gasteiger charge is 2.22. The standard InChI is InChI=1S/C13H14N2O5S/c1-21(19,20)7-6-11(13(17)18)15-12(16)10-4-2-9(8-14)3-5-10/h2-5,11H,6-7H2,1H3,(H,15,16)(H,17,18). The summed E-state index contributed by atoms with van der Waals surface area (Å²) in [6, 6.07) is 6.26. The lowest BCUT2D eigenvalue weighted by Gasteiger charge is -2.14. The minimum atomic E-state index is -3.31. The quantitative estimate of drug-likeness (QED) is 0.772. The van der Waals surface area contributed by atoms with Gasteiger partial charge in [-0.2, -0.15) is 5.26 Å². The summed E-state index contributed by atoms with van der Waals surface area (Å²) in [6.07, 6.45) is 0.782. The Balaban J connectivity index is 2.76. The molecule has 8 heteroatoms. The van der Waals surface area contributed by atoms with Gasteiger partial charge in [-0.1, -0.05) is 0 Å². The van der Waals surface area contributed by atoms with Crippen LogP contribution in [0.1, 0.15) is 22.3 Å². The predicted molar refractivity (Wildman–Crippen MR) is 74.4 cm³/mol. The van der Waals surface area contributed by atoms with Gasteiger partial charge in [-0.3, -0.25) is 4.79 Å². The molecule has 0 spiro atoms. The van der Waals surface area contributed by atoms with E-state index < -0.39 is 27.8 Å². The number of nitriles is 1. The molecule has 0 saturated carbocycles. The Hall–Kier alpha value is -2.40. The van der Waals surface area contributed by atoms with Gasteiger partial charge in [0.2, 0.25) is 0 Å². The number of rotatable bonds is 6. The summed E-state index contributed by atoms with van der Waals surface area (Å²) in [7, 11) is -3.31. The lowest BCUT2D eigenvalue weighted by atomic mass is 10.1. The first-order valence-electron chi connectivity index (χ1n) is 5.94. The molecule has 0 fully saturated rings. The topological polar surface area (TPSA) is 124 Å². The number of carboxylic acids is 1. The lowest BCUT2D eigenvalue weighted by molar-refractivity contribution is -0.139. The van der Waals surface area contributed by atoms with Gasteiger partial charge in [-0.15, -0.1) is 0 Å². The highest BCUT2D eigenvalue weighted by molar-refractivity contribution is 7.90. The number of carboxylic acid groups (broad SMARTS) is 1. The zero-order valence-electron chi connectivity index (χ0n) is 11.2. The second kappa shape index (κ2) is 6.85. The average molecular weight is 310 g/mol. The van der Waals surface area contributed by atoms with Crippen molar-refractivity contribution >= 4 is 21.7 Å². The van der Waals surface area contributed by atoms with Crippen molar-refractivity contribution in [3.63, 3.8) is 0 Å². The Bertz CT molecular complexity index is 674. The smallest absolute Gasteiger partial charge is 0.326 e. The summed E-state index contributed by atoms with van der Waals surface area (Å²) in [5, 5.41) is 19.9. The maximum Gasteiger partial charge on any atom is 0.326 e. The van der Waals surface area contributed by atoms with Crippen LogP contribution >= 0.6 is 0 Å². The third-order valence-electron chi connectivity index (χ3n) is 2.66. The van der Waals surface area contributed by atoms with Crippen molar-refractivity contribution < 1.29 is 23.1 Å². The number of hydrogen-bond acceptors (Lipinski definition) is 5. The van der Waals surface area contributed by atoms with Crippen LogP contribution in [-0.4, -0.2) is 43.5 Å². The number of sulfone groups is 1. The fraction of sp³-hybridized carbons (Fsp3) is 0.308. The molecular formula is C13H14N2O5S. The summed E-state index contributed by atoms with van der Waals surface area (Å²) >= 11 is 0. The van der Waals surface area contributed by atoms with Crippen LogP contribution in [0.15, 0.2) is 24.3 Å². The first kappa shape index (κ1) is 16.7. The largest absolute Gasteiger partial charge is 0.480 e. The van der Waals surface area contributed by atoms with E-state index in [0.29, 0.717) is 5.56 Å². The molecule has 1 aromatic rings. The van der Waals surface area contributed by atoms with Crippen LogP contribution in [0.25, 0.3) is 0 Å². The van der Waals surface area contributed by atoms with E-state index in [9.17, 15) is 18.0 Å². The Morgan fingerprint density at radius 2 is 1.90 bits per heavy atom. The molecular weight excluding hydrogens is 296 g/mol. The lowest BCUT2D eigenvalue weighted by Crippen LogP contribution is -2.41. The zero-order chi connectivity index (χ0) is 16.0. The van der Waals surface area contributed by atoms with Crippen LogP contribution in [0.3, 0.4) is 0 Å².